The van der Waals surface area contributed by atoms with E-state index in [4.69, 9.17) is 14.7 Å². The number of carbonyl (C=O) groups excluding carboxylic acids is 3. The molecule has 0 aliphatic heterocycles. The Morgan fingerprint density at radius 2 is 1.79 bits per heavy atom. The molecule has 0 fully saturated rings. The van der Waals surface area contributed by atoms with Crippen molar-refractivity contribution < 1.29 is 23.9 Å². The minimum atomic E-state index is -1.85. The van der Waals surface area contributed by atoms with Crippen molar-refractivity contribution in [2.45, 2.75) is 39.2 Å². The number of rotatable bonds is 7. The van der Waals surface area contributed by atoms with E-state index in [0.717, 1.165) is 0 Å². The van der Waals surface area contributed by atoms with Crippen molar-refractivity contribution in [2.75, 3.05) is 13.2 Å². The van der Waals surface area contributed by atoms with Crippen LogP contribution in [0, 0.1) is 11.3 Å². The highest BCUT2D eigenvalue weighted by Crippen LogP contribution is 2.15. The molecule has 0 bridgehead atoms. The molecular weight excluding hydrogens is 252 g/mol. The Balaban J connectivity index is 4.93. The molecule has 0 aliphatic carbocycles. The number of amides is 1. The molecule has 19 heavy (non-hydrogen) atoms. The zero-order valence-electron chi connectivity index (χ0n) is 11.3. The van der Waals surface area contributed by atoms with Gasteiger partial charge in [0.15, 0.2) is 0 Å². The first-order valence-electron chi connectivity index (χ1n) is 5.94. The molecule has 0 aliphatic rings. The summed E-state index contributed by atoms with van der Waals surface area (Å²) >= 11 is 0. The van der Waals surface area contributed by atoms with Gasteiger partial charge >= 0.3 is 11.9 Å². The second-order valence-electron chi connectivity index (χ2n) is 3.72. The summed E-state index contributed by atoms with van der Waals surface area (Å²) in [6, 6.07) is 1.71. The largest absolute Gasteiger partial charge is 0.466 e. The lowest BCUT2D eigenvalue weighted by Crippen LogP contribution is -2.54. The second-order valence-corrected chi connectivity index (χ2v) is 3.72. The topological polar surface area (TPSA) is 105 Å². The van der Waals surface area contributed by atoms with Gasteiger partial charge in [-0.3, -0.25) is 9.59 Å². The predicted molar refractivity (Wildman–Crippen MR) is 64.7 cm³/mol. The van der Waals surface area contributed by atoms with Crippen LogP contribution in [-0.2, 0) is 23.9 Å². The van der Waals surface area contributed by atoms with E-state index in [2.05, 4.69) is 5.32 Å². The van der Waals surface area contributed by atoms with Crippen molar-refractivity contribution in [2.24, 2.45) is 0 Å². The van der Waals surface area contributed by atoms with Crippen molar-refractivity contribution in [3.8, 4) is 6.07 Å². The van der Waals surface area contributed by atoms with Gasteiger partial charge in [-0.05, 0) is 13.8 Å². The number of hydrogen-bond donors (Lipinski definition) is 1. The van der Waals surface area contributed by atoms with Crippen LogP contribution in [0.1, 0.15) is 33.6 Å². The number of carbonyl (C=O) groups is 3. The van der Waals surface area contributed by atoms with Crippen molar-refractivity contribution in [1.29, 1.82) is 5.26 Å². The summed E-state index contributed by atoms with van der Waals surface area (Å²) in [6.45, 7) is 4.68. The normalized spacial score (nSPS) is 12.7. The molecule has 1 amide bonds. The van der Waals surface area contributed by atoms with Crippen molar-refractivity contribution >= 4 is 17.8 Å². The maximum atomic E-state index is 11.8. The first-order chi connectivity index (χ1) is 8.91. The van der Waals surface area contributed by atoms with Crippen LogP contribution in [0.25, 0.3) is 0 Å². The average molecular weight is 270 g/mol. The fraction of sp³-hybridized carbons (Fsp3) is 0.667. The summed E-state index contributed by atoms with van der Waals surface area (Å²) < 4.78 is 9.48. The molecule has 0 aromatic rings. The molecule has 7 nitrogen and oxygen atoms in total. The minimum absolute atomic E-state index is 0.0707. The van der Waals surface area contributed by atoms with Crippen LogP contribution in [0.2, 0.25) is 0 Å². The molecule has 0 aromatic carbocycles. The highest BCUT2D eigenvalue weighted by molar-refractivity contribution is 5.90. The van der Waals surface area contributed by atoms with Crippen molar-refractivity contribution in [3.05, 3.63) is 0 Å². The Hall–Kier alpha value is -2.10. The van der Waals surface area contributed by atoms with Crippen LogP contribution in [0.15, 0.2) is 0 Å². The Morgan fingerprint density at radius 3 is 2.21 bits per heavy atom. The van der Waals surface area contributed by atoms with Gasteiger partial charge in [-0.25, -0.2) is 4.79 Å². The first-order valence-corrected chi connectivity index (χ1v) is 5.94. The summed E-state index contributed by atoms with van der Waals surface area (Å²) in [6.07, 6.45) is -0.360. The van der Waals surface area contributed by atoms with Gasteiger partial charge in [-0.15, -0.1) is 0 Å². The molecule has 0 saturated heterocycles. The third-order valence-corrected chi connectivity index (χ3v) is 2.21. The fourth-order valence-electron chi connectivity index (χ4n) is 1.42. The molecule has 1 unspecified atom stereocenters. The van der Waals surface area contributed by atoms with Crippen molar-refractivity contribution in [1.82, 2.24) is 5.32 Å². The quantitative estimate of drug-likeness (QED) is 0.666. The maximum absolute atomic E-state index is 11.8. The van der Waals surface area contributed by atoms with Gasteiger partial charge in [0.2, 0.25) is 11.4 Å². The molecular formula is C12H18N2O5. The lowest BCUT2D eigenvalue weighted by atomic mass is 9.95. The zero-order chi connectivity index (χ0) is 14.9. The molecule has 0 rings (SSSR count). The number of hydrogen-bond acceptors (Lipinski definition) is 6. The third kappa shape index (κ3) is 5.38. The molecule has 0 radical (unpaired) electrons. The van der Waals surface area contributed by atoms with E-state index in [0.29, 0.717) is 0 Å². The van der Waals surface area contributed by atoms with Crippen LogP contribution in [-0.4, -0.2) is 36.6 Å². The van der Waals surface area contributed by atoms with E-state index < -0.39 is 23.4 Å². The van der Waals surface area contributed by atoms with E-state index in [1.807, 2.05) is 0 Å². The predicted octanol–water partition coefficient (Wildman–Crippen LogP) is 0.291. The number of nitrogens with one attached hydrogen (secondary N) is 1. The van der Waals surface area contributed by atoms with E-state index in [1.165, 1.54) is 6.92 Å². The van der Waals surface area contributed by atoms with Gasteiger partial charge in [0.25, 0.3) is 0 Å². The molecule has 0 saturated carbocycles. The van der Waals surface area contributed by atoms with E-state index in [-0.39, 0.29) is 26.1 Å². The molecule has 0 spiro atoms. The summed E-state index contributed by atoms with van der Waals surface area (Å²) in [5, 5.41) is 11.4. The van der Waals surface area contributed by atoms with Gasteiger partial charge in [0.05, 0.1) is 13.2 Å². The average Bonchev–Trinajstić information content (AvgIpc) is 2.34. The van der Waals surface area contributed by atoms with Crippen molar-refractivity contribution in [3.63, 3.8) is 0 Å². The van der Waals surface area contributed by atoms with Gasteiger partial charge in [-0.1, -0.05) is 0 Å². The van der Waals surface area contributed by atoms with Gasteiger partial charge in [0.1, 0.15) is 6.07 Å². The Morgan fingerprint density at radius 1 is 1.21 bits per heavy atom. The third-order valence-electron chi connectivity index (χ3n) is 2.21. The molecule has 1 atom stereocenters. The Kier molecular flexibility index (Phi) is 7.19. The number of ether oxygens (including phenoxy) is 2. The monoisotopic (exact) mass is 270 g/mol. The number of nitriles is 1. The summed E-state index contributed by atoms with van der Waals surface area (Å²) in [5.41, 5.74) is -1.85. The SMILES string of the molecule is CCOC(=O)CCC(C#N)(NC(C)=O)C(=O)OCC. The smallest absolute Gasteiger partial charge is 0.346 e. The van der Waals surface area contributed by atoms with Gasteiger partial charge in [-0.2, -0.15) is 5.26 Å². The molecule has 106 valence electrons. The number of nitrogens with zero attached hydrogens (tertiary/aromatic N) is 1. The standard InChI is InChI=1S/C12H18N2O5/c1-4-18-10(16)6-7-12(8-13,14-9(3)15)11(17)19-5-2/h4-7H2,1-3H3,(H,14,15). The minimum Gasteiger partial charge on any atom is -0.466 e. The highest BCUT2D eigenvalue weighted by Gasteiger charge is 2.41. The summed E-state index contributed by atoms with van der Waals surface area (Å²) in [4.78, 5) is 34.2. The lowest BCUT2D eigenvalue weighted by Gasteiger charge is -2.24. The lowest BCUT2D eigenvalue weighted by molar-refractivity contribution is -0.151. The zero-order valence-corrected chi connectivity index (χ0v) is 11.3. The fourth-order valence-corrected chi connectivity index (χ4v) is 1.42. The summed E-state index contributed by atoms with van der Waals surface area (Å²) in [7, 11) is 0. The number of esters is 2. The van der Waals surface area contributed by atoms with Gasteiger partial charge < -0.3 is 14.8 Å². The van der Waals surface area contributed by atoms with Crippen LogP contribution in [0.4, 0.5) is 0 Å². The molecule has 1 N–H and O–H groups in total. The van der Waals surface area contributed by atoms with Crippen LogP contribution in [0.5, 0.6) is 0 Å². The van der Waals surface area contributed by atoms with Crippen LogP contribution < -0.4 is 5.32 Å². The van der Waals surface area contributed by atoms with Crippen LogP contribution in [0.3, 0.4) is 0 Å². The Bertz CT molecular complexity index is 388. The van der Waals surface area contributed by atoms with Gasteiger partial charge in [0, 0.05) is 19.8 Å². The van der Waals surface area contributed by atoms with E-state index >= 15 is 0 Å². The summed E-state index contributed by atoms with van der Waals surface area (Å²) in [5.74, 6) is -1.98. The molecule has 7 heteroatoms. The Labute approximate surface area is 111 Å². The first kappa shape index (κ1) is 16.9. The maximum Gasteiger partial charge on any atom is 0.346 e. The second kappa shape index (κ2) is 8.08. The van der Waals surface area contributed by atoms with Crippen LogP contribution >= 0.6 is 0 Å². The highest BCUT2D eigenvalue weighted by atomic mass is 16.5. The van der Waals surface area contributed by atoms with E-state index in [1.54, 1.807) is 19.9 Å². The molecule has 0 aromatic heterocycles. The molecule has 0 heterocycles. The van der Waals surface area contributed by atoms with E-state index in [9.17, 15) is 14.4 Å².